The summed E-state index contributed by atoms with van der Waals surface area (Å²) in [6.45, 7) is 9.13. The third kappa shape index (κ3) is 3.49. The molecule has 2 heteroatoms. The van der Waals surface area contributed by atoms with Gasteiger partial charge in [0.05, 0.1) is 12.7 Å². The maximum atomic E-state index is 5.47. The Hall–Kier alpha value is -0.340. The summed E-state index contributed by atoms with van der Waals surface area (Å²) in [7, 11) is 3.47. The van der Waals surface area contributed by atoms with Crippen molar-refractivity contribution in [3.63, 3.8) is 0 Å². The highest BCUT2D eigenvalue weighted by atomic mass is 16.5. The Morgan fingerprint density at radius 1 is 1.38 bits per heavy atom. The lowest BCUT2D eigenvalue weighted by molar-refractivity contribution is -0.0141. The van der Waals surface area contributed by atoms with Gasteiger partial charge < -0.3 is 9.47 Å². The SMILES string of the molecule is C/C=C(/C)C(OC)C(C)(C)COC. The molecule has 0 heterocycles. The Morgan fingerprint density at radius 3 is 2.23 bits per heavy atom. The van der Waals surface area contributed by atoms with Gasteiger partial charge >= 0.3 is 0 Å². The molecule has 0 bridgehead atoms. The molecule has 0 saturated carbocycles. The molecule has 0 fully saturated rings. The van der Waals surface area contributed by atoms with Crippen molar-refractivity contribution in [2.24, 2.45) is 5.41 Å². The predicted molar refractivity (Wildman–Crippen MR) is 55.9 cm³/mol. The van der Waals surface area contributed by atoms with Gasteiger partial charge in [-0.15, -0.1) is 0 Å². The first-order valence-corrected chi connectivity index (χ1v) is 4.64. The highest BCUT2D eigenvalue weighted by molar-refractivity contribution is 5.08. The summed E-state index contributed by atoms with van der Waals surface area (Å²) in [6, 6.07) is 0. The third-order valence-electron chi connectivity index (χ3n) is 2.33. The summed E-state index contributed by atoms with van der Waals surface area (Å²) in [5.41, 5.74) is 1.28. The largest absolute Gasteiger partial charge is 0.384 e. The molecule has 0 aromatic carbocycles. The van der Waals surface area contributed by atoms with E-state index < -0.39 is 0 Å². The minimum Gasteiger partial charge on any atom is -0.384 e. The smallest absolute Gasteiger partial charge is 0.0851 e. The second-order valence-electron chi connectivity index (χ2n) is 4.07. The van der Waals surface area contributed by atoms with Crippen LogP contribution < -0.4 is 0 Å². The maximum Gasteiger partial charge on any atom is 0.0851 e. The van der Waals surface area contributed by atoms with Gasteiger partial charge in [-0.05, 0) is 19.4 Å². The van der Waals surface area contributed by atoms with Crippen molar-refractivity contribution < 1.29 is 9.47 Å². The average Bonchev–Trinajstić information content (AvgIpc) is 2.04. The molecule has 13 heavy (non-hydrogen) atoms. The van der Waals surface area contributed by atoms with E-state index in [4.69, 9.17) is 9.47 Å². The van der Waals surface area contributed by atoms with E-state index in [0.29, 0.717) is 6.61 Å². The zero-order chi connectivity index (χ0) is 10.5. The fourth-order valence-corrected chi connectivity index (χ4v) is 1.72. The summed E-state index contributed by atoms with van der Waals surface area (Å²) in [5, 5.41) is 0. The zero-order valence-electron chi connectivity index (χ0n) is 9.68. The van der Waals surface area contributed by atoms with Gasteiger partial charge in [-0.1, -0.05) is 19.9 Å². The minimum absolute atomic E-state index is 0.0279. The van der Waals surface area contributed by atoms with Crippen LogP contribution in [0.15, 0.2) is 11.6 Å². The molecule has 1 atom stereocenters. The first-order chi connectivity index (χ1) is 5.99. The van der Waals surface area contributed by atoms with Crippen molar-refractivity contribution >= 4 is 0 Å². The van der Waals surface area contributed by atoms with Crippen LogP contribution in [0.1, 0.15) is 27.7 Å². The Balaban J connectivity index is 4.55. The molecule has 0 N–H and O–H groups in total. The highest BCUT2D eigenvalue weighted by Crippen LogP contribution is 2.28. The molecule has 0 saturated heterocycles. The first-order valence-electron chi connectivity index (χ1n) is 4.64. The van der Waals surface area contributed by atoms with Crippen LogP contribution in [-0.2, 0) is 9.47 Å². The Morgan fingerprint density at radius 2 is 1.92 bits per heavy atom. The summed E-state index contributed by atoms with van der Waals surface area (Å²) < 4.78 is 10.6. The molecular weight excluding hydrogens is 164 g/mol. The number of hydrogen-bond donors (Lipinski definition) is 0. The van der Waals surface area contributed by atoms with Gasteiger partial charge in [0.2, 0.25) is 0 Å². The van der Waals surface area contributed by atoms with Gasteiger partial charge in [0.1, 0.15) is 0 Å². The Kier molecular flexibility index (Phi) is 5.26. The van der Waals surface area contributed by atoms with Crippen LogP contribution in [0.3, 0.4) is 0 Å². The molecule has 78 valence electrons. The van der Waals surface area contributed by atoms with Crippen molar-refractivity contribution in [2.45, 2.75) is 33.8 Å². The van der Waals surface area contributed by atoms with Gasteiger partial charge in [-0.3, -0.25) is 0 Å². The number of allylic oxidation sites excluding steroid dienone is 1. The fourth-order valence-electron chi connectivity index (χ4n) is 1.72. The lowest BCUT2D eigenvalue weighted by Gasteiger charge is -2.33. The van der Waals surface area contributed by atoms with Crippen LogP contribution in [0.25, 0.3) is 0 Å². The van der Waals surface area contributed by atoms with Crippen molar-refractivity contribution in [3.8, 4) is 0 Å². The third-order valence-corrected chi connectivity index (χ3v) is 2.33. The highest BCUT2D eigenvalue weighted by Gasteiger charge is 2.30. The van der Waals surface area contributed by atoms with E-state index in [1.165, 1.54) is 5.57 Å². The van der Waals surface area contributed by atoms with Crippen LogP contribution >= 0.6 is 0 Å². The second kappa shape index (κ2) is 5.40. The maximum absolute atomic E-state index is 5.47. The molecule has 0 amide bonds. The minimum atomic E-state index is 0.0279. The summed E-state index contributed by atoms with van der Waals surface area (Å²) >= 11 is 0. The van der Waals surface area contributed by atoms with E-state index in [1.807, 2.05) is 6.92 Å². The van der Waals surface area contributed by atoms with Crippen molar-refractivity contribution in [3.05, 3.63) is 11.6 Å². The summed E-state index contributed by atoms with van der Waals surface area (Å²) in [6.07, 6.45) is 2.23. The lowest BCUT2D eigenvalue weighted by Crippen LogP contribution is -2.36. The van der Waals surface area contributed by atoms with Crippen molar-refractivity contribution in [1.29, 1.82) is 0 Å². The van der Waals surface area contributed by atoms with Crippen LogP contribution in [-0.4, -0.2) is 26.9 Å². The molecule has 0 aliphatic carbocycles. The van der Waals surface area contributed by atoms with Gasteiger partial charge in [0.25, 0.3) is 0 Å². The molecule has 0 aromatic rings. The molecule has 0 aliphatic heterocycles. The molecule has 1 unspecified atom stereocenters. The monoisotopic (exact) mass is 186 g/mol. The quantitative estimate of drug-likeness (QED) is 0.614. The summed E-state index contributed by atoms with van der Waals surface area (Å²) in [5.74, 6) is 0. The predicted octanol–water partition coefficient (Wildman–Crippen LogP) is 2.64. The second-order valence-corrected chi connectivity index (χ2v) is 4.07. The van der Waals surface area contributed by atoms with Crippen molar-refractivity contribution in [2.75, 3.05) is 20.8 Å². The molecular formula is C11H22O2. The van der Waals surface area contributed by atoms with Crippen LogP contribution in [0.5, 0.6) is 0 Å². The standard InChI is InChI=1S/C11H22O2/c1-7-9(2)10(13-6)11(3,4)8-12-5/h7,10H,8H2,1-6H3/b9-7-. The van der Waals surface area contributed by atoms with Crippen LogP contribution in [0.2, 0.25) is 0 Å². The molecule has 2 nitrogen and oxygen atoms in total. The van der Waals surface area contributed by atoms with E-state index in [2.05, 4.69) is 26.8 Å². The number of methoxy groups -OCH3 is 2. The van der Waals surface area contributed by atoms with E-state index in [9.17, 15) is 0 Å². The van der Waals surface area contributed by atoms with E-state index >= 15 is 0 Å². The molecule has 0 spiro atoms. The van der Waals surface area contributed by atoms with E-state index in [-0.39, 0.29) is 11.5 Å². The van der Waals surface area contributed by atoms with E-state index in [1.54, 1.807) is 14.2 Å². The molecule has 0 radical (unpaired) electrons. The lowest BCUT2D eigenvalue weighted by atomic mass is 9.83. The molecule has 0 aliphatic rings. The molecule has 0 aromatic heterocycles. The van der Waals surface area contributed by atoms with Crippen LogP contribution in [0, 0.1) is 5.41 Å². The van der Waals surface area contributed by atoms with E-state index in [0.717, 1.165) is 0 Å². The van der Waals surface area contributed by atoms with Gasteiger partial charge in [-0.2, -0.15) is 0 Å². The van der Waals surface area contributed by atoms with Gasteiger partial charge in [0, 0.05) is 19.6 Å². The Bertz CT molecular complexity index is 171. The van der Waals surface area contributed by atoms with Gasteiger partial charge in [0.15, 0.2) is 0 Å². The fraction of sp³-hybridized carbons (Fsp3) is 0.818. The number of hydrogen-bond acceptors (Lipinski definition) is 2. The topological polar surface area (TPSA) is 18.5 Å². The first kappa shape index (κ1) is 12.7. The van der Waals surface area contributed by atoms with Crippen LogP contribution in [0.4, 0.5) is 0 Å². The zero-order valence-corrected chi connectivity index (χ0v) is 9.68. The molecule has 0 rings (SSSR count). The Labute approximate surface area is 81.9 Å². The number of ether oxygens (including phenoxy) is 2. The summed E-state index contributed by atoms with van der Waals surface area (Å²) in [4.78, 5) is 0. The number of rotatable bonds is 5. The average molecular weight is 186 g/mol. The normalized spacial score (nSPS) is 16.0. The van der Waals surface area contributed by atoms with Gasteiger partial charge in [-0.25, -0.2) is 0 Å². The van der Waals surface area contributed by atoms with Crippen molar-refractivity contribution in [1.82, 2.24) is 0 Å².